The Morgan fingerprint density at radius 3 is 2.18 bits per heavy atom. The van der Waals surface area contributed by atoms with Gasteiger partial charge in [-0.15, -0.1) is 0 Å². The Bertz CT molecular complexity index is 613. The Morgan fingerprint density at radius 1 is 1.00 bits per heavy atom. The predicted molar refractivity (Wildman–Crippen MR) is 80.3 cm³/mol. The fourth-order valence-corrected chi connectivity index (χ4v) is 1.89. The molecule has 0 spiro atoms. The number of carbonyl (C=O) groups excluding carboxylic acids is 2. The predicted octanol–water partition coefficient (Wildman–Crippen LogP) is 2.54. The number of hydrogen-bond acceptors (Lipinski definition) is 4. The SMILES string of the molecule is CC(=O)OC(C(=O)NOCc1ccccc1)c1ccccc1. The van der Waals surface area contributed by atoms with Crippen molar-refractivity contribution < 1.29 is 19.2 Å². The van der Waals surface area contributed by atoms with Gasteiger partial charge in [-0.1, -0.05) is 60.7 Å². The average Bonchev–Trinajstić information content (AvgIpc) is 2.54. The molecular weight excluding hydrogens is 282 g/mol. The zero-order chi connectivity index (χ0) is 15.8. The molecular formula is C17H17NO4. The third kappa shape index (κ3) is 4.71. The number of hydroxylamine groups is 1. The molecule has 2 aromatic carbocycles. The van der Waals surface area contributed by atoms with E-state index in [1.165, 1.54) is 6.92 Å². The third-order valence-electron chi connectivity index (χ3n) is 2.88. The molecule has 1 amide bonds. The van der Waals surface area contributed by atoms with Gasteiger partial charge in [0.2, 0.25) is 6.10 Å². The molecule has 0 radical (unpaired) electrons. The van der Waals surface area contributed by atoms with Crippen molar-refractivity contribution in [2.24, 2.45) is 0 Å². The van der Waals surface area contributed by atoms with Gasteiger partial charge in [-0.3, -0.25) is 14.4 Å². The summed E-state index contributed by atoms with van der Waals surface area (Å²) in [5.74, 6) is -1.07. The maximum absolute atomic E-state index is 12.2. The lowest BCUT2D eigenvalue weighted by atomic mass is 10.1. The van der Waals surface area contributed by atoms with Gasteiger partial charge in [-0.2, -0.15) is 0 Å². The molecule has 5 nitrogen and oxygen atoms in total. The summed E-state index contributed by atoms with van der Waals surface area (Å²) in [5, 5.41) is 0. The molecule has 114 valence electrons. The minimum Gasteiger partial charge on any atom is -0.447 e. The van der Waals surface area contributed by atoms with E-state index in [2.05, 4.69) is 5.48 Å². The van der Waals surface area contributed by atoms with Crippen molar-refractivity contribution in [3.8, 4) is 0 Å². The third-order valence-corrected chi connectivity index (χ3v) is 2.88. The van der Waals surface area contributed by atoms with Crippen molar-refractivity contribution in [2.45, 2.75) is 19.6 Å². The molecule has 0 heterocycles. The van der Waals surface area contributed by atoms with Crippen LogP contribution in [-0.2, 0) is 25.8 Å². The number of carbonyl (C=O) groups is 2. The van der Waals surface area contributed by atoms with Gasteiger partial charge in [-0.25, -0.2) is 5.48 Å². The minimum atomic E-state index is -1.03. The van der Waals surface area contributed by atoms with Gasteiger partial charge >= 0.3 is 5.97 Å². The summed E-state index contributed by atoms with van der Waals surface area (Å²) in [4.78, 5) is 28.5. The first-order valence-corrected chi connectivity index (χ1v) is 6.84. The van der Waals surface area contributed by atoms with Crippen LogP contribution in [-0.4, -0.2) is 11.9 Å². The van der Waals surface area contributed by atoms with E-state index in [1.54, 1.807) is 24.3 Å². The van der Waals surface area contributed by atoms with Crippen molar-refractivity contribution in [2.75, 3.05) is 0 Å². The molecule has 0 saturated carbocycles. The van der Waals surface area contributed by atoms with Crippen molar-refractivity contribution in [1.82, 2.24) is 5.48 Å². The van der Waals surface area contributed by atoms with E-state index in [1.807, 2.05) is 36.4 Å². The Morgan fingerprint density at radius 2 is 1.59 bits per heavy atom. The molecule has 22 heavy (non-hydrogen) atoms. The number of amides is 1. The van der Waals surface area contributed by atoms with Gasteiger partial charge in [0.05, 0.1) is 6.61 Å². The van der Waals surface area contributed by atoms with Gasteiger partial charge in [0.25, 0.3) is 5.91 Å². The lowest BCUT2D eigenvalue weighted by molar-refractivity contribution is -0.160. The highest BCUT2D eigenvalue weighted by atomic mass is 16.7. The Kier molecular flexibility index (Phi) is 5.68. The van der Waals surface area contributed by atoms with Crippen molar-refractivity contribution in [1.29, 1.82) is 0 Å². The van der Waals surface area contributed by atoms with E-state index < -0.39 is 18.0 Å². The smallest absolute Gasteiger partial charge is 0.303 e. The monoisotopic (exact) mass is 299 g/mol. The number of nitrogens with one attached hydrogen (secondary N) is 1. The summed E-state index contributed by atoms with van der Waals surface area (Å²) in [6.45, 7) is 1.49. The normalized spacial score (nSPS) is 11.5. The molecule has 2 rings (SSSR count). The summed E-state index contributed by atoms with van der Waals surface area (Å²) in [7, 11) is 0. The van der Waals surface area contributed by atoms with Crippen molar-refractivity contribution in [3.63, 3.8) is 0 Å². The largest absolute Gasteiger partial charge is 0.447 e. The molecule has 0 saturated heterocycles. The molecule has 0 fully saturated rings. The lowest BCUT2D eigenvalue weighted by Crippen LogP contribution is -2.31. The number of benzene rings is 2. The molecule has 2 aromatic rings. The first-order chi connectivity index (χ1) is 10.7. The van der Waals surface area contributed by atoms with Crippen LogP contribution in [0.3, 0.4) is 0 Å². The Labute approximate surface area is 128 Å². The quantitative estimate of drug-likeness (QED) is 0.657. The number of hydrogen-bond donors (Lipinski definition) is 1. The highest BCUT2D eigenvalue weighted by Gasteiger charge is 2.23. The molecule has 0 bridgehead atoms. The van der Waals surface area contributed by atoms with Crippen LogP contribution >= 0.6 is 0 Å². The molecule has 0 aliphatic carbocycles. The van der Waals surface area contributed by atoms with Crippen LogP contribution in [0.15, 0.2) is 60.7 Å². The van der Waals surface area contributed by atoms with Gasteiger partial charge in [-0.05, 0) is 5.56 Å². The first-order valence-electron chi connectivity index (χ1n) is 6.84. The van der Waals surface area contributed by atoms with Gasteiger partial charge in [0.1, 0.15) is 0 Å². The second-order valence-electron chi connectivity index (χ2n) is 4.64. The number of esters is 1. The van der Waals surface area contributed by atoms with Crippen LogP contribution in [0.25, 0.3) is 0 Å². The summed E-state index contributed by atoms with van der Waals surface area (Å²) in [6, 6.07) is 18.2. The molecule has 0 aliphatic heterocycles. The van der Waals surface area contributed by atoms with Crippen LogP contribution in [0.5, 0.6) is 0 Å². The van der Waals surface area contributed by atoms with E-state index in [0.717, 1.165) is 5.56 Å². The summed E-state index contributed by atoms with van der Waals surface area (Å²) in [6.07, 6.45) is -1.03. The average molecular weight is 299 g/mol. The standard InChI is InChI=1S/C17H17NO4/c1-13(19)22-16(15-10-6-3-7-11-15)17(20)18-21-12-14-8-4-2-5-9-14/h2-11,16H,12H2,1H3,(H,18,20). The second kappa shape index (κ2) is 7.95. The Balaban J connectivity index is 1.96. The molecule has 0 aromatic heterocycles. The fourth-order valence-electron chi connectivity index (χ4n) is 1.89. The minimum absolute atomic E-state index is 0.230. The van der Waals surface area contributed by atoms with E-state index in [-0.39, 0.29) is 6.61 Å². The topological polar surface area (TPSA) is 64.6 Å². The zero-order valence-corrected chi connectivity index (χ0v) is 12.2. The fraction of sp³-hybridized carbons (Fsp3) is 0.176. The van der Waals surface area contributed by atoms with Crippen LogP contribution in [0, 0.1) is 0 Å². The maximum atomic E-state index is 12.2. The van der Waals surface area contributed by atoms with Crippen LogP contribution < -0.4 is 5.48 Å². The van der Waals surface area contributed by atoms with E-state index in [9.17, 15) is 9.59 Å². The van der Waals surface area contributed by atoms with E-state index in [4.69, 9.17) is 9.57 Å². The highest BCUT2D eigenvalue weighted by Crippen LogP contribution is 2.17. The molecule has 5 heteroatoms. The first kappa shape index (κ1) is 15.7. The van der Waals surface area contributed by atoms with E-state index >= 15 is 0 Å². The van der Waals surface area contributed by atoms with Crippen molar-refractivity contribution >= 4 is 11.9 Å². The van der Waals surface area contributed by atoms with Gasteiger partial charge < -0.3 is 4.74 Å². The molecule has 0 aliphatic rings. The zero-order valence-electron chi connectivity index (χ0n) is 12.2. The van der Waals surface area contributed by atoms with Gasteiger partial charge in [0, 0.05) is 12.5 Å². The van der Waals surface area contributed by atoms with Crippen LogP contribution in [0.1, 0.15) is 24.2 Å². The summed E-state index contributed by atoms with van der Waals surface area (Å²) >= 11 is 0. The molecule has 1 N–H and O–H groups in total. The summed E-state index contributed by atoms with van der Waals surface area (Å²) < 4.78 is 5.07. The Hall–Kier alpha value is -2.66. The van der Waals surface area contributed by atoms with Crippen LogP contribution in [0.4, 0.5) is 0 Å². The number of rotatable bonds is 6. The summed E-state index contributed by atoms with van der Waals surface area (Å²) in [5.41, 5.74) is 3.82. The lowest BCUT2D eigenvalue weighted by Gasteiger charge is -2.16. The number of ether oxygens (including phenoxy) is 1. The second-order valence-corrected chi connectivity index (χ2v) is 4.64. The molecule has 1 unspecified atom stereocenters. The van der Waals surface area contributed by atoms with Crippen LogP contribution in [0.2, 0.25) is 0 Å². The maximum Gasteiger partial charge on any atom is 0.303 e. The molecule has 1 atom stereocenters. The highest BCUT2D eigenvalue weighted by molar-refractivity contribution is 5.83. The van der Waals surface area contributed by atoms with Crippen molar-refractivity contribution in [3.05, 3.63) is 71.8 Å². The van der Waals surface area contributed by atoms with Gasteiger partial charge in [0.15, 0.2) is 0 Å². The van der Waals surface area contributed by atoms with E-state index in [0.29, 0.717) is 5.56 Å².